The van der Waals surface area contributed by atoms with Crippen LogP contribution in [0.25, 0.3) is 17.1 Å². The van der Waals surface area contributed by atoms with Crippen LogP contribution in [0.15, 0.2) is 64.7 Å². The highest BCUT2D eigenvalue weighted by atomic mass is 32.2. The third-order valence-corrected chi connectivity index (χ3v) is 3.64. The Balaban J connectivity index is 1.88. The van der Waals surface area contributed by atoms with Crippen molar-refractivity contribution in [2.75, 3.05) is 0 Å². The molecule has 0 aliphatic rings. The standard InChI is InChI=1S/C16H12N2OS/c19-11-13(10-12-6-2-1-3-7-12)20-16-17-14-8-4-5-9-15(14)18-16/h1-11H,(H,17,18)/b13-10-. The van der Waals surface area contributed by atoms with Crippen LogP contribution in [0.2, 0.25) is 0 Å². The van der Waals surface area contributed by atoms with Gasteiger partial charge in [-0.15, -0.1) is 0 Å². The van der Waals surface area contributed by atoms with E-state index in [1.807, 2.05) is 60.7 Å². The molecule has 20 heavy (non-hydrogen) atoms. The molecule has 1 N–H and O–H groups in total. The second-order valence-corrected chi connectivity index (χ2v) is 5.30. The fraction of sp³-hybridized carbons (Fsp3) is 0. The van der Waals surface area contributed by atoms with E-state index >= 15 is 0 Å². The lowest BCUT2D eigenvalue weighted by Crippen LogP contribution is -1.82. The van der Waals surface area contributed by atoms with Crippen molar-refractivity contribution in [1.82, 2.24) is 9.97 Å². The predicted octanol–water partition coefficient (Wildman–Crippen LogP) is 3.90. The van der Waals surface area contributed by atoms with Crippen molar-refractivity contribution in [3.63, 3.8) is 0 Å². The maximum Gasteiger partial charge on any atom is 0.171 e. The monoisotopic (exact) mass is 280 g/mol. The summed E-state index contributed by atoms with van der Waals surface area (Å²) in [5.74, 6) is 0. The quantitative estimate of drug-likeness (QED) is 0.448. The Morgan fingerprint density at radius 2 is 1.80 bits per heavy atom. The molecule has 0 amide bonds. The largest absolute Gasteiger partial charge is 0.333 e. The molecule has 0 aliphatic carbocycles. The number of carbonyl (C=O) groups excluding carboxylic acids is 1. The Bertz CT molecular complexity index is 729. The third-order valence-electron chi connectivity index (χ3n) is 2.81. The fourth-order valence-corrected chi connectivity index (χ4v) is 2.66. The van der Waals surface area contributed by atoms with Crippen molar-refractivity contribution in [2.24, 2.45) is 0 Å². The van der Waals surface area contributed by atoms with Gasteiger partial charge in [-0.3, -0.25) is 4.79 Å². The van der Waals surface area contributed by atoms with Crippen LogP contribution >= 0.6 is 11.8 Å². The number of imidazole rings is 1. The summed E-state index contributed by atoms with van der Waals surface area (Å²) in [6, 6.07) is 17.6. The summed E-state index contributed by atoms with van der Waals surface area (Å²) in [4.78, 5) is 19.5. The zero-order chi connectivity index (χ0) is 13.8. The van der Waals surface area contributed by atoms with Gasteiger partial charge < -0.3 is 4.98 Å². The van der Waals surface area contributed by atoms with E-state index in [9.17, 15) is 4.79 Å². The van der Waals surface area contributed by atoms with Gasteiger partial charge in [0.2, 0.25) is 0 Å². The Morgan fingerprint density at radius 1 is 1.05 bits per heavy atom. The Morgan fingerprint density at radius 3 is 2.55 bits per heavy atom. The molecule has 1 heterocycles. The van der Waals surface area contributed by atoms with E-state index < -0.39 is 0 Å². The second kappa shape index (κ2) is 5.75. The van der Waals surface area contributed by atoms with E-state index in [1.54, 1.807) is 0 Å². The van der Waals surface area contributed by atoms with Crippen LogP contribution in [0.3, 0.4) is 0 Å². The minimum Gasteiger partial charge on any atom is -0.333 e. The summed E-state index contributed by atoms with van der Waals surface area (Å²) in [5.41, 5.74) is 2.87. The molecule has 0 aliphatic heterocycles. The first kappa shape index (κ1) is 12.7. The van der Waals surface area contributed by atoms with Gasteiger partial charge in [0, 0.05) is 0 Å². The number of aromatic amines is 1. The molecule has 3 rings (SSSR count). The fourth-order valence-electron chi connectivity index (χ4n) is 1.89. The van der Waals surface area contributed by atoms with Crippen molar-refractivity contribution in [3.8, 4) is 0 Å². The van der Waals surface area contributed by atoms with Gasteiger partial charge in [-0.05, 0) is 35.5 Å². The summed E-state index contributed by atoms with van der Waals surface area (Å²) in [6.07, 6.45) is 2.70. The molecule has 1 aromatic heterocycles. The van der Waals surface area contributed by atoms with E-state index in [0.717, 1.165) is 28.0 Å². The van der Waals surface area contributed by atoms with Crippen LogP contribution < -0.4 is 0 Å². The number of H-pyrrole nitrogens is 1. The number of aromatic nitrogens is 2. The average molecular weight is 280 g/mol. The minimum absolute atomic E-state index is 0.621. The van der Waals surface area contributed by atoms with Crippen LogP contribution in [0, 0.1) is 0 Å². The zero-order valence-corrected chi connectivity index (χ0v) is 11.4. The van der Waals surface area contributed by atoms with Crippen LogP contribution in [0.1, 0.15) is 5.56 Å². The van der Waals surface area contributed by atoms with Crippen molar-refractivity contribution in [1.29, 1.82) is 0 Å². The summed E-state index contributed by atoms with van der Waals surface area (Å²) >= 11 is 1.34. The lowest BCUT2D eigenvalue weighted by Gasteiger charge is -1.97. The van der Waals surface area contributed by atoms with Crippen LogP contribution in [-0.4, -0.2) is 16.3 Å². The molecule has 0 saturated carbocycles. The van der Waals surface area contributed by atoms with E-state index in [1.165, 1.54) is 11.8 Å². The van der Waals surface area contributed by atoms with Crippen molar-refractivity contribution in [3.05, 3.63) is 65.1 Å². The van der Waals surface area contributed by atoms with Gasteiger partial charge in [0.25, 0.3) is 0 Å². The molecule has 0 saturated heterocycles. The minimum atomic E-state index is 0.621. The van der Waals surface area contributed by atoms with Gasteiger partial charge >= 0.3 is 0 Å². The number of thioether (sulfide) groups is 1. The molecule has 3 aromatic rings. The number of aldehydes is 1. The van der Waals surface area contributed by atoms with E-state index in [4.69, 9.17) is 0 Å². The van der Waals surface area contributed by atoms with Crippen molar-refractivity contribution in [2.45, 2.75) is 5.16 Å². The maximum absolute atomic E-state index is 11.2. The summed E-state index contributed by atoms with van der Waals surface area (Å²) in [5, 5.41) is 0.723. The maximum atomic E-state index is 11.2. The van der Waals surface area contributed by atoms with Gasteiger partial charge in [0.15, 0.2) is 11.4 Å². The van der Waals surface area contributed by atoms with Crippen LogP contribution in [-0.2, 0) is 4.79 Å². The number of hydrogen-bond donors (Lipinski definition) is 1. The van der Waals surface area contributed by atoms with Gasteiger partial charge in [-0.1, -0.05) is 42.5 Å². The van der Waals surface area contributed by atoms with Crippen LogP contribution in [0.5, 0.6) is 0 Å². The molecule has 0 bridgehead atoms. The Labute approximate surface area is 120 Å². The molecule has 0 radical (unpaired) electrons. The average Bonchev–Trinajstić information content (AvgIpc) is 2.90. The predicted molar refractivity (Wildman–Crippen MR) is 82.4 cm³/mol. The number of rotatable bonds is 4. The molecular formula is C16H12N2OS. The summed E-state index contributed by atoms with van der Waals surface area (Å²) < 4.78 is 0. The Hall–Kier alpha value is -2.33. The van der Waals surface area contributed by atoms with Gasteiger partial charge in [-0.2, -0.15) is 0 Å². The van der Waals surface area contributed by atoms with Gasteiger partial charge in [0.05, 0.1) is 15.9 Å². The summed E-state index contributed by atoms with van der Waals surface area (Å²) in [7, 11) is 0. The third kappa shape index (κ3) is 2.81. The normalized spacial score (nSPS) is 11.7. The highest BCUT2D eigenvalue weighted by Gasteiger charge is 2.05. The van der Waals surface area contributed by atoms with E-state index in [0.29, 0.717) is 4.91 Å². The molecular weight excluding hydrogens is 268 g/mol. The number of fused-ring (bicyclic) bond motifs is 1. The Kier molecular flexibility index (Phi) is 3.65. The molecule has 98 valence electrons. The van der Waals surface area contributed by atoms with Gasteiger partial charge in [0.1, 0.15) is 0 Å². The SMILES string of the molecule is O=C/C(=C/c1ccccc1)Sc1nc2ccccc2[nH]1. The molecule has 3 nitrogen and oxygen atoms in total. The first-order chi connectivity index (χ1) is 9.85. The molecule has 0 unspecified atom stereocenters. The molecule has 0 atom stereocenters. The second-order valence-electron chi connectivity index (χ2n) is 4.24. The zero-order valence-electron chi connectivity index (χ0n) is 10.6. The van der Waals surface area contributed by atoms with Crippen molar-refractivity contribution < 1.29 is 4.79 Å². The van der Waals surface area contributed by atoms with Crippen LogP contribution in [0.4, 0.5) is 0 Å². The van der Waals surface area contributed by atoms with Gasteiger partial charge in [-0.25, -0.2) is 4.98 Å². The summed E-state index contributed by atoms with van der Waals surface area (Å²) in [6.45, 7) is 0. The molecule has 0 spiro atoms. The van der Waals surface area contributed by atoms with E-state index in [-0.39, 0.29) is 0 Å². The lowest BCUT2D eigenvalue weighted by atomic mass is 10.2. The number of para-hydroxylation sites is 2. The number of nitrogens with zero attached hydrogens (tertiary/aromatic N) is 1. The van der Waals surface area contributed by atoms with E-state index in [2.05, 4.69) is 9.97 Å². The molecule has 4 heteroatoms. The highest BCUT2D eigenvalue weighted by Crippen LogP contribution is 2.26. The molecule has 0 fully saturated rings. The first-order valence-corrected chi connectivity index (χ1v) is 7.01. The van der Waals surface area contributed by atoms with Crippen molar-refractivity contribution >= 4 is 35.2 Å². The number of nitrogens with one attached hydrogen (secondary N) is 1. The number of allylic oxidation sites excluding steroid dienone is 1. The number of carbonyl (C=O) groups is 1. The number of benzene rings is 2. The smallest absolute Gasteiger partial charge is 0.171 e. The first-order valence-electron chi connectivity index (χ1n) is 6.20. The lowest BCUT2D eigenvalue weighted by molar-refractivity contribution is -0.104. The topological polar surface area (TPSA) is 45.8 Å². The number of hydrogen-bond acceptors (Lipinski definition) is 3. The highest BCUT2D eigenvalue weighted by molar-refractivity contribution is 8.03. The molecule has 2 aromatic carbocycles.